The van der Waals surface area contributed by atoms with Crippen molar-refractivity contribution in [2.75, 3.05) is 18.5 Å². The van der Waals surface area contributed by atoms with Crippen LogP contribution in [-0.4, -0.2) is 51.0 Å². The second-order valence-corrected chi connectivity index (χ2v) is 7.62. The van der Waals surface area contributed by atoms with Gasteiger partial charge >= 0.3 is 5.97 Å². The van der Waals surface area contributed by atoms with E-state index in [0.29, 0.717) is 27.8 Å². The summed E-state index contributed by atoms with van der Waals surface area (Å²) >= 11 is 0. The first-order valence-electron chi connectivity index (χ1n) is 9.99. The van der Waals surface area contributed by atoms with Crippen LogP contribution in [0.4, 0.5) is 5.69 Å². The number of amides is 2. The van der Waals surface area contributed by atoms with Gasteiger partial charge in [-0.3, -0.25) is 14.5 Å². The second kappa shape index (κ2) is 8.24. The van der Waals surface area contributed by atoms with Crippen LogP contribution in [0.15, 0.2) is 54.2 Å². The first-order valence-corrected chi connectivity index (χ1v) is 9.99. The van der Waals surface area contributed by atoms with Crippen LogP contribution in [0.2, 0.25) is 0 Å². The molecule has 2 heterocycles. The molecule has 0 saturated carbocycles. The molecule has 0 aliphatic carbocycles. The third-order valence-corrected chi connectivity index (χ3v) is 5.27. The summed E-state index contributed by atoms with van der Waals surface area (Å²) in [5.41, 5.74) is 4.62. The molecule has 0 bridgehead atoms. The molecule has 32 heavy (non-hydrogen) atoms. The Kier molecular flexibility index (Phi) is 5.46. The van der Waals surface area contributed by atoms with E-state index < -0.39 is 17.8 Å². The molecule has 1 aliphatic heterocycles. The number of pyridine rings is 1. The second-order valence-electron chi connectivity index (χ2n) is 7.62. The van der Waals surface area contributed by atoms with Crippen molar-refractivity contribution in [2.45, 2.75) is 13.8 Å². The minimum atomic E-state index is -1.02. The van der Waals surface area contributed by atoms with Gasteiger partial charge in [-0.2, -0.15) is 0 Å². The van der Waals surface area contributed by atoms with Crippen LogP contribution in [0.25, 0.3) is 22.2 Å². The van der Waals surface area contributed by atoms with Gasteiger partial charge in [-0.05, 0) is 43.7 Å². The number of imide groups is 1. The Bertz CT molecular complexity index is 1300. The van der Waals surface area contributed by atoms with Gasteiger partial charge in [0.15, 0.2) is 0 Å². The van der Waals surface area contributed by atoms with Crippen LogP contribution in [0.3, 0.4) is 0 Å². The van der Waals surface area contributed by atoms with Crippen LogP contribution < -0.4 is 5.32 Å². The number of β-amino-alcohol motifs (C(OH)–C–C–N with tert-alkyl or cyclic N) is 1. The number of aliphatic hydroxyl groups is 1. The number of aryl methyl sites for hydroxylation is 2. The zero-order valence-corrected chi connectivity index (χ0v) is 17.5. The van der Waals surface area contributed by atoms with Gasteiger partial charge in [0.2, 0.25) is 0 Å². The van der Waals surface area contributed by atoms with Crippen molar-refractivity contribution in [3.63, 3.8) is 0 Å². The third kappa shape index (κ3) is 3.83. The zero-order valence-electron chi connectivity index (χ0n) is 17.5. The molecule has 162 valence electrons. The fourth-order valence-corrected chi connectivity index (χ4v) is 3.80. The van der Waals surface area contributed by atoms with E-state index in [9.17, 15) is 19.5 Å². The van der Waals surface area contributed by atoms with Gasteiger partial charge in [0, 0.05) is 22.7 Å². The summed E-state index contributed by atoms with van der Waals surface area (Å²) in [5, 5.41) is 22.2. The van der Waals surface area contributed by atoms with E-state index in [1.165, 1.54) is 6.08 Å². The summed E-state index contributed by atoms with van der Waals surface area (Å²) in [5.74, 6) is -2.00. The lowest BCUT2D eigenvalue weighted by molar-refractivity contribution is -0.137. The highest BCUT2D eigenvalue weighted by atomic mass is 16.4. The van der Waals surface area contributed by atoms with Crippen LogP contribution in [0, 0.1) is 13.8 Å². The van der Waals surface area contributed by atoms with Gasteiger partial charge in [-0.1, -0.05) is 23.8 Å². The smallest absolute Gasteiger partial charge is 0.336 e. The standard InChI is InChI=1S/C24H21N3O5/c1-13-9-14(2)22-17(10-13)18(24(31)32)11-19(26-22)15-3-5-16(6-4-15)25-20-12-21(29)27(7-8-28)23(20)30/h3-6,9-12,25,28H,7-8H2,1-2H3,(H,31,32). The van der Waals surface area contributed by atoms with Gasteiger partial charge in [-0.15, -0.1) is 0 Å². The molecule has 0 unspecified atom stereocenters. The van der Waals surface area contributed by atoms with Crippen molar-refractivity contribution in [1.29, 1.82) is 0 Å². The lowest BCUT2D eigenvalue weighted by Gasteiger charge is -2.14. The Morgan fingerprint density at radius 2 is 1.81 bits per heavy atom. The molecule has 0 spiro atoms. The summed E-state index contributed by atoms with van der Waals surface area (Å²) in [6, 6.07) is 12.3. The van der Waals surface area contributed by atoms with Gasteiger partial charge in [0.1, 0.15) is 5.70 Å². The molecule has 4 rings (SSSR count). The van der Waals surface area contributed by atoms with Crippen LogP contribution in [0.5, 0.6) is 0 Å². The molecule has 3 N–H and O–H groups in total. The van der Waals surface area contributed by atoms with Gasteiger partial charge in [0.25, 0.3) is 11.8 Å². The molecule has 8 nitrogen and oxygen atoms in total. The highest BCUT2D eigenvalue weighted by Crippen LogP contribution is 2.29. The van der Waals surface area contributed by atoms with E-state index in [-0.39, 0.29) is 24.4 Å². The Labute approximate surface area is 183 Å². The topological polar surface area (TPSA) is 120 Å². The summed E-state index contributed by atoms with van der Waals surface area (Å²) in [6.45, 7) is 3.46. The average Bonchev–Trinajstić information content (AvgIpc) is 3.01. The van der Waals surface area contributed by atoms with E-state index in [1.54, 1.807) is 30.3 Å². The minimum absolute atomic E-state index is 0.0588. The summed E-state index contributed by atoms with van der Waals surface area (Å²) in [6.07, 6.45) is 1.20. The number of hydrogen-bond acceptors (Lipinski definition) is 6. The number of anilines is 1. The van der Waals surface area contributed by atoms with E-state index in [4.69, 9.17) is 10.1 Å². The number of carbonyl (C=O) groups is 3. The maximum Gasteiger partial charge on any atom is 0.336 e. The fraction of sp³-hybridized carbons (Fsp3) is 0.167. The van der Waals surface area contributed by atoms with Gasteiger partial charge in [0.05, 0.1) is 29.9 Å². The highest BCUT2D eigenvalue weighted by molar-refractivity contribution is 6.17. The van der Waals surface area contributed by atoms with E-state index in [0.717, 1.165) is 16.0 Å². The first-order chi connectivity index (χ1) is 15.3. The van der Waals surface area contributed by atoms with E-state index >= 15 is 0 Å². The number of carboxylic acid groups (broad SMARTS) is 1. The number of nitrogens with one attached hydrogen (secondary N) is 1. The largest absolute Gasteiger partial charge is 0.478 e. The molecular weight excluding hydrogens is 410 g/mol. The quantitative estimate of drug-likeness (QED) is 0.513. The van der Waals surface area contributed by atoms with Crippen molar-refractivity contribution in [3.8, 4) is 11.3 Å². The number of nitrogens with zero attached hydrogens (tertiary/aromatic N) is 2. The van der Waals surface area contributed by atoms with Crippen molar-refractivity contribution in [3.05, 3.63) is 70.9 Å². The van der Waals surface area contributed by atoms with Gasteiger partial charge in [-0.25, -0.2) is 9.78 Å². The molecule has 2 amide bonds. The number of carboxylic acids is 1. The molecule has 2 aromatic carbocycles. The monoisotopic (exact) mass is 431 g/mol. The number of carbonyl (C=O) groups excluding carboxylic acids is 2. The van der Waals surface area contributed by atoms with E-state index in [1.807, 2.05) is 26.0 Å². The van der Waals surface area contributed by atoms with Crippen molar-refractivity contribution in [2.24, 2.45) is 0 Å². The lowest BCUT2D eigenvalue weighted by atomic mass is 10.00. The summed E-state index contributed by atoms with van der Waals surface area (Å²) in [7, 11) is 0. The van der Waals surface area contributed by atoms with Crippen LogP contribution in [-0.2, 0) is 9.59 Å². The Morgan fingerprint density at radius 1 is 1.09 bits per heavy atom. The predicted octanol–water partition coefficient (Wildman–Crippen LogP) is 2.87. The maximum atomic E-state index is 12.3. The Hall–Kier alpha value is -4.04. The van der Waals surface area contributed by atoms with Crippen molar-refractivity contribution >= 4 is 34.4 Å². The van der Waals surface area contributed by atoms with Crippen molar-refractivity contribution in [1.82, 2.24) is 9.88 Å². The number of benzene rings is 2. The molecule has 1 aromatic heterocycles. The highest BCUT2D eigenvalue weighted by Gasteiger charge is 2.30. The maximum absolute atomic E-state index is 12.3. The number of aromatic carboxylic acids is 1. The molecule has 0 atom stereocenters. The first kappa shape index (κ1) is 21.2. The Balaban J connectivity index is 1.65. The third-order valence-electron chi connectivity index (χ3n) is 5.27. The molecule has 0 fully saturated rings. The fourth-order valence-electron chi connectivity index (χ4n) is 3.80. The molecular formula is C24H21N3O5. The number of fused-ring (bicyclic) bond motifs is 1. The molecule has 3 aromatic rings. The predicted molar refractivity (Wildman–Crippen MR) is 119 cm³/mol. The summed E-state index contributed by atoms with van der Waals surface area (Å²) < 4.78 is 0. The average molecular weight is 431 g/mol. The van der Waals surface area contributed by atoms with Crippen LogP contribution >= 0.6 is 0 Å². The molecule has 0 saturated heterocycles. The van der Waals surface area contributed by atoms with Crippen LogP contribution in [0.1, 0.15) is 21.5 Å². The number of aliphatic hydroxyl groups excluding tert-OH is 1. The Morgan fingerprint density at radius 3 is 2.47 bits per heavy atom. The molecule has 8 heteroatoms. The normalized spacial score (nSPS) is 13.6. The number of aromatic nitrogens is 1. The molecule has 1 aliphatic rings. The summed E-state index contributed by atoms with van der Waals surface area (Å²) in [4.78, 5) is 41.7. The minimum Gasteiger partial charge on any atom is -0.478 e. The SMILES string of the molecule is Cc1cc(C)c2nc(-c3ccc(NC4=CC(=O)N(CCO)C4=O)cc3)cc(C(=O)O)c2c1. The lowest BCUT2D eigenvalue weighted by Crippen LogP contribution is -2.34. The van der Waals surface area contributed by atoms with E-state index in [2.05, 4.69) is 5.32 Å². The number of hydrogen-bond donors (Lipinski definition) is 3. The molecule has 0 radical (unpaired) electrons. The number of rotatable bonds is 6. The van der Waals surface area contributed by atoms with Gasteiger partial charge < -0.3 is 15.5 Å². The zero-order chi connectivity index (χ0) is 23.0. The van der Waals surface area contributed by atoms with Crippen molar-refractivity contribution < 1.29 is 24.6 Å².